The lowest BCUT2D eigenvalue weighted by atomic mass is 10.0. The van der Waals surface area contributed by atoms with Crippen LogP contribution in [0.15, 0.2) is 0 Å². The topological polar surface area (TPSA) is 9.72 Å². The lowest BCUT2D eigenvalue weighted by molar-refractivity contribution is 0.259. The first-order valence-electron chi connectivity index (χ1n) is 15.9. The van der Waals surface area contributed by atoms with Gasteiger partial charge in [0.05, 0.1) is 0 Å². The molecule has 0 unspecified atom stereocenters. The molecule has 0 aromatic heterocycles. The summed E-state index contributed by atoms with van der Waals surface area (Å²) in [5.74, 6) is 0. The summed E-state index contributed by atoms with van der Waals surface area (Å²) >= 11 is 0. The summed E-state index contributed by atoms with van der Waals surface area (Å²) in [4.78, 5) is 0. The number of hydrogen-bond acceptors (Lipinski definition) is 3. The largest absolute Gasteiger partial charge is 0.300 e. The fourth-order valence-electron chi connectivity index (χ4n) is 6.17. The van der Waals surface area contributed by atoms with E-state index in [1.54, 1.807) is 0 Å². The van der Waals surface area contributed by atoms with Gasteiger partial charge in [0.2, 0.25) is 0 Å². The van der Waals surface area contributed by atoms with Crippen LogP contribution in [0.1, 0.15) is 151 Å². The first-order chi connectivity index (χ1) is 16.6. The van der Waals surface area contributed by atoms with Gasteiger partial charge in [-0.3, -0.25) is 13.7 Å². The predicted octanol–water partition coefficient (Wildman–Crippen LogP) is 9.21. The van der Waals surface area contributed by atoms with Crippen molar-refractivity contribution in [3.63, 3.8) is 0 Å². The lowest BCUT2D eigenvalue weighted by Gasteiger charge is -2.53. The van der Waals surface area contributed by atoms with E-state index < -0.39 is 8.56 Å². The highest BCUT2D eigenvalue weighted by atomic mass is 28.4. The van der Waals surface area contributed by atoms with Crippen molar-refractivity contribution in [2.24, 2.45) is 0 Å². The van der Waals surface area contributed by atoms with Gasteiger partial charge in [-0.2, -0.15) is 0 Å². The van der Waals surface area contributed by atoms with Crippen molar-refractivity contribution in [1.29, 1.82) is 0 Å². The van der Waals surface area contributed by atoms with Crippen molar-refractivity contribution in [3.8, 4) is 0 Å². The summed E-state index contributed by atoms with van der Waals surface area (Å²) in [6, 6.07) is 1.41. The van der Waals surface area contributed by atoms with E-state index in [0.29, 0.717) is 0 Å². The maximum absolute atomic E-state index is 2.87. The third-order valence-electron chi connectivity index (χ3n) is 8.18. The van der Waals surface area contributed by atoms with Gasteiger partial charge in [-0.1, -0.05) is 151 Å². The van der Waals surface area contributed by atoms with Gasteiger partial charge < -0.3 is 0 Å². The minimum atomic E-state index is -1.79. The summed E-state index contributed by atoms with van der Waals surface area (Å²) in [6.45, 7) is 23.7. The van der Waals surface area contributed by atoms with Crippen molar-refractivity contribution in [2.45, 2.75) is 157 Å². The molecule has 34 heavy (non-hydrogen) atoms. The van der Waals surface area contributed by atoms with Crippen LogP contribution in [0, 0.1) is 0 Å². The van der Waals surface area contributed by atoms with Crippen LogP contribution in [-0.2, 0) is 0 Å². The van der Waals surface area contributed by atoms with E-state index >= 15 is 0 Å². The third-order valence-corrected chi connectivity index (χ3v) is 14.1. The molecule has 0 aromatic carbocycles. The number of unbranched alkanes of at least 4 members (excludes halogenated alkanes) is 15. The Labute approximate surface area is 218 Å². The Hall–Kier alpha value is 0.0969. The van der Waals surface area contributed by atoms with E-state index in [1.807, 2.05) is 0 Å². The minimum Gasteiger partial charge on any atom is -0.300 e. The highest BCUT2D eigenvalue weighted by Gasteiger charge is 2.47. The first-order valence-corrected chi connectivity index (χ1v) is 17.9. The number of hydrogen-bond donors (Lipinski definition) is 0. The van der Waals surface area contributed by atoms with E-state index in [1.165, 1.54) is 148 Å². The van der Waals surface area contributed by atoms with E-state index in [9.17, 15) is 0 Å². The van der Waals surface area contributed by atoms with Crippen LogP contribution in [0.5, 0.6) is 0 Å². The van der Waals surface area contributed by atoms with Crippen molar-refractivity contribution >= 4 is 8.56 Å². The van der Waals surface area contributed by atoms with Crippen LogP contribution in [0.3, 0.4) is 0 Å². The van der Waals surface area contributed by atoms with Gasteiger partial charge in [-0.15, -0.1) is 0 Å². The second-order valence-electron chi connectivity index (χ2n) is 10.3. The summed E-state index contributed by atoms with van der Waals surface area (Å²) in [6.07, 6.45) is 23.2. The summed E-state index contributed by atoms with van der Waals surface area (Å²) in [5.41, 5.74) is 0. The first kappa shape index (κ1) is 34.1. The molecule has 0 heterocycles. The van der Waals surface area contributed by atoms with Crippen LogP contribution in [-0.4, -0.2) is 61.5 Å². The van der Waals surface area contributed by atoms with E-state index in [2.05, 4.69) is 62.2 Å². The monoisotopic (exact) mass is 498 g/mol. The SMILES string of the molecule is CCCCCCCCCCCCCCCCCC[Si](N(CC)CC)(N(CC)CC)N(CC)CC. The van der Waals surface area contributed by atoms with E-state index in [-0.39, 0.29) is 0 Å². The fraction of sp³-hybridized carbons (Fsp3) is 1.00. The molecule has 0 N–H and O–H groups in total. The zero-order valence-electron chi connectivity index (χ0n) is 25.1. The van der Waals surface area contributed by atoms with Crippen LogP contribution >= 0.6 is 0 Å². The predicted molar refractivity (Wildman–Crippen MR) is 159 cm³/mol. The molecule has 206 valence electrons. The Morgan fingerprint density at radius 3 is 0.794 bits per heavy atom. The normalized spacial score (nSPS) is 12.5. The van der Waals surface area contributed by atoms with Gasteiger partial charge in [0.15, 0.2) is 0 Å². The number of rotatable bonds is 26. The van der Waals surface area contributed by atoms with Crippen molar-refractivity contribution in [2.75, 3.05) is 39.3 Å². The average molecular weight is 498 g/mol. The molecule has 0 aliphatic heterocycles. The highest BCUT2D eigenvalue weighted by Crippen LogP contribution is 2.28. The molecular formula is C30H67N3Si. The summed E-state index contributed by atoms with van der Waals surface area (Å²) in [5, 5.41) is 0. The van der Waals surface area contributed by atoms with Crippen molar-refractivity contribution in [1.82, 2.24) is 13.7 Å². The molecule has 0 bridgehead atoms. The summed E-state index contributed by atoms with van der Waals surface area (Å²) in [7, 11) is -1.79. The summed E-state index contributed by atoms with van der Waals surface area (Å²) < 4.78 is 8.62. The molecule has 0 saturated heterocycles. The van der Waals surface area contributed by atoms with Crippen molar-refractivity contribution in [3.05, 3.63) is 0 Å². The number of nitrogens with zero attached hydrogens (tertiary/aromatic N) is 3. The van der Waals surface area contributed by atoms with Gasteiger partial charge >= 0.3 is 0 Å². The van der Waals surface area contributed by atoms with Gasteiger partial charge in [0.25, 0.3) is 8.56 Å². The molecule has 3 nitrogen and oxygen atoms in total. The highest BCUT2D eigenvalue weighted by molar-refractivity contribution is 6.71. The molecular weight excluding hydrogens is 430 g/mol. The van der Waals surface area contributed by atoms with Gasteiger partial charge in [0, 0.05) is 0 Å². The molecule has 4 heteroatoms. The maximum Gasteiger partial charge on any atom is 0.289 e. The molecule has 0 rings (SSSR count). The van der Waals surface area contributed by atoms with E-state index in [4.69, 9.17) is 0 Å². The quantitative estimate of drug-likeness (QED) is 0.0870. The molecule has 0 fully saturated rings. The second-order valence-corrected chi connectivity index (χ2v) is 14.3. The van der Waals surface area contributed by atoms with Gasteiger partial charge in [-0.25, -0.2) is 0 Å². The third kappa shape index (κ3) is 12.9. The van der Waals surface area contributed by atoms with Crippen molar-refractivity contribution < 1.29 is 0 Å². The Morgan fingerprint density at radius 2 is 0.559 bits per heavy atom. The molecule has 0 spiro atoms. The standard InChI is InChI=1S/C30H67N3Si/c1-8-15-16-17-18-19-20-21-22-23-24-25-26-27-28-29-30-34(31(9-2)10-3,32(11-4)12-5)33(13-6)14-7/h8-30H2,1-7H3. The Morgan fingerprint density at radius 1 is 0.324 bits per heavy atom. The Balaban J connectivity index is 4.24. The zero-order valence-corrected chi connectivity index (χ0v) is 26.1. The minimum absolute atomic E-state index is 1.19. The molecule has 0 saturated carbocycles. The molecule has 0 aromatic rings. The van der Waals surface area contributed by atoms with Crippen LogP contribution < -0.4 is 0 Å². The van der Waals surface area contributed by atoms with Gasteiger partial charge in [-0.05, 0) is 45.3 Å². The average Bonchev–Trinajstić information content (AvgIpc) is 2.85. The maximum atomic E-state index is 2.87. The van der Waals surface area contributed by atoms with E-state index in [0.717, 1.165) is 0 Å². The second kappa shape index (κ2) is 23.5. The molecule has 0 radical (unpaired) electrons. The lowest BCUT2D eigenvalue weighted by Crippen LogP contribution is -2.75. The molecule has 0 aliphatic carbocycles. The smallest absolute Gasteiger partial charge is 0.289 e. The molecule has 0 atom stereocenters. The molecule has 0 aliphatic rings. The zero-order chi connectivity index (χ0) is 25.5. The van der Waals surface area contributed by atoms with Crippen LogP contribution in [0.25, 0.3) is 0 Å². The van der Waals surface area contributed by atoms with Gasteiger partial charge in [0.1, 0.15) is 0 Å². The van der Waals surface area contributed by atoms with Crippen LogP contribution in [0.4, 0.5) is 0 Å². The Bertz CT molecular complexity index is 375. The molecule has 0 amide bonds. The van der Waals surface area contributed by atoms with Crippen LogP contribution in [0.2, 0.25) is 6.04 Å². The Kier molecular flexibility index (Phi) is 23.6. The fourth-order valence-corrected chi connectivity index (χ4v) is 12.1.